The number of benzene rings is 1. The molecular weight excluding hydrogens is 375 g/mol. The van der Waals surface area contributed by atoms with Crippen LogP contribution in [0.15, 0.2) is 34.7 Å². The molecule has 1 saturated heterocycles. The fourth-order valence-corrected chi connectivity index (χ4v) is 3.54. The molecule has 0 bridgehead atoms. The van der Waals surface area contributed by atoms with Crippen LogP contribution in [0.25, 0.3) is 0 Å². The van der Waals surface area contributed by atoms with Crippen molar-refractivity contribution in [3.05, 3.63) is 57.5 Å². The second-order valence-corrected chi connectivity index (χ2v) is 7.30. The van der Waals surface area contributed by atoms with Crippen molar-refractivity contribution in [2.45, 2.75) is 38.8 Å². The zero-order chi connectivity index (χ0) is 18.8. The van der Waals surface area contributed by atoms with E-state index in [-0.39, 0.29) is 17.9 Å². The van der Waals surface area contributed by atoms with Crippen LogP contribution < -0.4 is 5.32 Å². The molecule has 2 heterocycles. The van der Waals surface area contributed by atoms with E-state index >= 15 is 0 Å². The van der Waals surface area contributed by atoms with Gasteiger partial charge in [-0.25, -0.2) is 0 Å². The third-order valence-electron chi connectivity index (χ3n) is 4.52. The van der Waals surface area contributed by atoms with E-state index in [4.69, 9.17) is 27.6 Å². The standard InChI is InChI=1S/C19H20Cl2N2O3/c1-11-5-8-17(26-11)12(2)22-18(24)16-4-3-9-23(16)19(25)14-10-13(20)6-7-15(14)21/h5-8,10,12,16H,3-4,9H2,1-2H3,(H,22,24). The predicted octanol–water partition coefficient (Wildman–Crippen LogP) is 4.38. The highest BCUT2D eigenvalue weighted by Crippen LogP contribution is 2.27. The monoisotopic (exact) mass is 394 g/mol. The molecule has 1 N–H and O–H groups in total. The number of amides is 2. The third-order valence-corrected chi connectivity index (χ3v) is 5.09. The summed E-state index contributed by atoms with van der Waals surface area (Å²) in [4.78, 5) is 27.2. The van der Waals surface area contributed by atoms with E-state index in [1.54, 1.807) is 17.0 Å². The van der Waals surface area contributed by atoms with Crippen LogP contribution in [0.1, 0.15) is 47.7 Å². The Labute approximate surface area is 162 Å². The number of aryl methyl sites for hydroxylation is 1. The Kier molecular flexibility index (Phi) is 5.58. The lowest BCUT2D eigenvalue weighted by atomic mass is 10.1. The number of hydrogen-bond acceptors (Lipinski definition) is 3. The SMILES string of the molecule is Cc1ccc(C(C)NC(=O)C2CCCN2C(=O)c2cc(Cl)ccc2Cl)o1. The summed E-state index contributed by atoms with van der Waals surface area (Å²) in [7, 11) is 0. The van der Waals surface area contributed by atoms with Gasteiger partial charge in [-0.2, -0.15) is 0 Å². The van der Waals surface area contributed by atoms with Gasteiger partial charge in [0.05, 0.1) is 16.6 Å². The molecule has 26 heavy (non-hydrogen) atoms. The average molecular weight is 395 g/mol. The average Bonchev–Trinajstić information content (AvgIpc) is 3.25. The summed E-state index contributed by atoms with van der Waals surface area (Å²) in [5.41, 5.74) is 0.313. The van der Waals surface area contributed by atoms with Crippen molar-refractivity contribution >= 4 is 35.0 Å². The number of nitrogens with one attached hydrogen (secondary N) is 1. The zero-order valence-electron chi connectivity index (χ0n) is 14.6. The summed E-state index contributed by atoms with van der Waals surface area (Å²) >= 11 is 12.1. The smallest absolute Gasteiger partial charge is 0.256 e. The molecular formula is C19H20Cl2N2O3. The summed E-state index contributed by atoms with van der Waals surface area (Å²) in [6.45, 7) is 4.21. The number of hydrogen-bond donors (Lipinski definition) is 1. The molecule has 7 heteroatoms. The molecule has 0 aliphatic carbocycles. The molecule has 1 aromatic carbocycles. The van der Waals surface area contributed by atoms with Gasteiger partial charge in [0.2, 0.25) is 5.91 Å². The zero-order valence-corrected chi connectivity index (χ0v) is 16.1. The first kappa shape index (κ1) is 18.8. The molecule has 138 valence electrons. The Hall–Kier alpha value is -1.98. The van der Waals surface area contributed by atoms with Gasteiger partial charge in [-0.15, -0.1) is 0 Å². The van der Waals surface area contributed by atoms with Crippen molar-refractivity contribution in [3.8, 4) is 0 Å². The lowest BCUT2D eigenvalue weighted by Crippen LogP contribution is -2.46. The van der Waals surface area contributed by atoms with Crippen molar-refractivity contribution in [2.75, 3.05) is 6.54 Å². The van der Waals surface area contributed by atoms with E-state index in [0.29, 0.717) is 34.3 Å². The molecule has 2 unspecified atom stereocenters. The Morgan fingerprint density at radius 3 is 2.73 bits per heavy atom. The van der Waals surface area contributed by atoms with Crippen molar-refractivity contribution in [1.29, 1.82) is 0 Å². The number of rotatable bonds is 4. The minimum absolute atomic E-state index is 0.199. The Morgan fingerprint density at radius 2 is 2.04 bits per heavy atom. The molecule has 0 spiro atoms. The maximum atomic E-state index is 12.9. The van der Waals surface area contributed by atoms with E-state index in [9.17, 15) is 9.59 Å². The van der Waals surface area contributed by atoms with Gasteiger partial charge in [0.25, 0.3) is 5.91 Å². The number of likely N-dealkylation sites (tertiary alicyclic amines) is 1. The Bertz CT molecular complexity index is 834. The summed E-state index contributed by atoms with van der Waals surface area (Å²) in [5, 5.41) is 3.68. The van der Waals surface area contributed by atoms with Crippen molar-refractivity contribution in [1.82, 2.24) is 10.2 Å². The van der Waals surface area contributed by atoms with E-state index in [0.717, 1.165) is 12.2 Å². The lowest BCUT2D eigenvalue weighted by molar-refractivity contribution is -0.125. The van der Waals surface area contributed by atoms with Gasteiger partial charge in [0.15, 0.2) is 0 Å². The minimum Gasteiger partial charge on any atom is -0.464 e. The molecule has 0 radical (unpaired) electrons. The molecule has 5 nitrogen and oxygen atoms in total. The van der Waals surface area contributed by atoms with Gasteiger partial charge in [-0.3, -0.25) is 9.59 Å². The first-order chi connectivity index (χ1) is 12.4. The van der Waals surface area contributed by atoms with E-state index in [1.165, 1.54) is 6.07 Å². The fourth-order valence-electron chi connectivity index (χ4n) is 3.17. The van der Waals surface area contributed by atoms with Crippen molar-refractivity contribution in [3.63, 3.8) is 0 Å². The second-order valence-electron chi connectivity index (χ2n) is 6.46. The third kappa shape index (κ3) is 3.89. The van der Waals surface area contributed by atoms with Crippen molar-refractivity contribution < 1.29 is 14.0 Å². The number of carbonyl (C=O) groups excluding carboxylic acids is 2. The topological polar surface area (TPSA) is 62.6 Å². The van der Waals surface area contributed by atoms with E-state index < -0.39 is 6.04 Å². The quantitative estimate of drug-likeness (QED) is 0.836. The summed E-state index contributed by atoms with van der Waals surface area (Å²) < 4.78 is 5.55. The minimum atomic E-state index is -0.531. The highest BCUT2D eigenvalue weighted by Gasteiger charge is 2.36. The van der Waals surface area contributed by atoms with Gasteiger partial charge in [-0.1, -0.05) is 23.2 Å². The molecule has 1 fully saturated rings. The highest BCUT2D eigenvalue weighted by molar-refractivity contribution is 6.35. The van der Waals surface area contributed by atoms with Crippen LogP contribution in [0, 0.1) is 6.92 Å². The van der Waals surface area contributed by atoms with Gasteiger partial charge < -0.3 is 14.6 Å². The van der Waals surface area contributed by atoms with Crippen LogP contribution in [0.3, 0.4) is 0 Å². The van der Waals surface area contributed by atoms with Crippen LogP contribution in [0.4, 0.5) is 0 Å². The molecule has 1 aliphatic heterocycles. The summed E-state index contributed by atoms with van der Waals surface area (Å²) in [6, 6.07) is 7.63. The van der Waals surface area contributed by atoms with Crippen LogP contribution in [0.2, 0.25) is 10.0 Å². The number of furan rings is 1. The van der Waals surface area contributed by atoms with Crippen LogP contribution in [-0.2, 0) is 4.79 Å². The summed E-state index contributed by atoms with van der Waals surface area (Å²) in [5.74, 6) is 0.992. The first-order valence-corrected chi connectivity index (χ1v) is 9.25. The van der Waals surface area contributed by atoms with Gasteiger partial charge >= 0.3 is 0 Å². The maximum Gasteiger partial charge on any atom is 0.256 e. The second kappa shape index (κ2) is 7.72. The molecule has 3 rings (SSSR count). The number of halogens is 2. The van der Waals surface area contributed by atoms with Gasteiger partial charge in [-0.05, 0) is 57.0 Å². The van der Waals surface area contributed by atoms with E-state index in [1.807, 2.05) is 26.0 Å². The predicted molar refractivity (Wildman–Crippen MR) is 101 cm³/mol. The largest absolute Gasteiger partial charge is 0.464 e. The normalized spacial score (nSPS) is 18.0. The van der Waals surface area contributed by atoms with Crippen molar-refractivity contribution in [2.24, 2.45) is 0 Å². The highest BCUT2D eigenvalue weighted by atomic mass is 35.5. The Morgan fingerprint density at radius 1 is 1.27 bits per heavy atom. The maximum absolute atomic E-state index is 12.9. The summed E-state index contributed by atoms with van der Waals surface area (Å²) in [6.07, 6.45) is 1.37. The first-order valence-electron chi connectivity index (χ1n) is 8.49. The van der Waals surface area contributed by atoms with Crippen LogP contribution in [0.5, 0.6) is 0 Å². The van der Waals surface area contributed by atoms with Crippen LogP contribution in [-0.4, -0.2) is 29.3 Å². The van der Waals surface area contributed by atoms with Crippen LogP contribution >= 0.6 is 23.2 Å². The lowest BCUT2D eigenvalue weighted by Gasteiger charge is -2.25. The molecule has 2 aromatic rings. The molecule has 2 atom stereocenters. The molecule has 1 aliphatic rings. The van der Waals surface area contributed by atoms with Gasteiger partial charge in [0.1, 0.15) is 17.6 Å². The molecule has 2 amide bonds. The molecule has 1 aromatic heterocycles. The fraction of sp³-hybridized carbons (Fsp3) is 0.368. The Balaban J connectivity index is 1.74. The van der Waals surface area contributed by atoms with E-state index in [2.05, 4.69) is 5.32 Å². The number of carbonyl (C=O) groups is 2. The van der Waals surface area contributed by atoms with Gasteiger partial charge in [0, 0.05) is 11.6 Å². The molecule has 0 saturated carbocycles. The number of nitrogens with zero attached hydrogens (tertiary/aromatic N) is 1.